The summed E-state index contributed by atoms with van der Waals surface area (Å²) in [5.41, 5.74) is 1.90. The minimum atomic E-state index is -0.537. The molecular weight excluding hydrogens is 378 g/mol. The van der Waals surface area contributed by atoms with E-state index in [1.807, 2.05) is 30.3 Å². The predicted molar refractivity (Wildman–Crippen MR) is 108 cm³/mol. The molecule has 7 heteroatoms. The number of nitriles is 1. The molecule has 144 valence electrons. The Balaban J connectivity index is 1.88. The van der Waals surface area contributed by atoms with Crippen molar-refractivity contribution in [2.24, 2.45) is 0 Å². The van der Waals surface area contributed by atoms with Gasteiger partial charge in [-0.3, -0.25) is 4.79 Å². The van der Waals surface area contributed by atoms with Crippen molar-refractivity contribution in [3.63, 3.8) is 0 Å². The van der Waals surface area contributed by atoms with Crippen molar-refractivity contribution in [2.45, 2.75) is 13.3 Å². The van der Waals surface area contributed by atoms with Crippen LogP contribution in [-0.4, -0.2) is 25.0 Å². The van der Waals surface area contributed by atoms with Gasteiger partial charge in [0.25, 0.3) is 5.91 Å². The summed E-state index contributed by atoms with van der Waals surface area (Å²) in [5, 5.41) is 15.5. The molecule has 2 rings (SSSR count). The topological polar surface area (TPSA) is 91.2 Å². The molecule has 0 bridgehead atoms. The smallest absolute Gasteiger partial charge is 0.338 e. The third kappa shape index (κ3) is 6.45. The molecule has 0 aromatic heterocycles. The summed E-state index contributed by atoms with van der Waals surface area (Å²) in [6, 6.07) is 15.6. The van der Waals surface area contributed by atoms with Gasteiger partial charge in [-0.1, -0.05) is 23.7 Å². The van der Waals surface area contributed by atoms with Gasteiger partial charge < -0.3 is 15.4 Å². The van der Waals surface area contributed by atoms with Crippen molar-refractivity contribution in [3.05, 3.63) is 76.5 Å². The number of carbonyl (C=O) groups is 2. The van der Waals surface area contributed by atoms with Crippen molar-refractivity contribution in [2.75, 3.05) is 18.5 Å². The number of esters is 1. The van der Waals surface area contributed by atoms with E-state index in [4.69, 9.17) is 16.3 Å². The first-order valence-electron chi connectivity index (χ1n) is 8.70. The largest absolute Gasteiger partial charge is 0.462 e. The summed E-state index contributed by atoms with van der Waals surface area (Å²) >= 11 is 5.84. The molecule has 0 atom stereocenters. The van der Waals surface area contributed by atoms with Crippen LogP contribution >= 0.6 is 11.6 Å². The van der Waals surface area contributed by atoms with Crippen LogP contribution < -0.4 is 10.6 Å². The molecule has 2 aromatic carbocycles. The zero-order chi connectivity index (χ0) is 20.4. The van der Waals surface area contributed by atoms with Crippen LogP contribution in [0.4, 0.5) is 5.69 Å². The summed E-state index contributed by atoms with van der Waals surface area (Å²) in [6.07, 6.45) is 2.11. The third-order valence-corrected chi connectivity index (χ3v) is 3.99. The summed E-state index contributed by atoms with van der Waals surface area (Å²) in [7, 11) is 0. The number of hydrogen-bond donors (Lipinski definition) is 2. The van der Waals surface area contributed by atoms with Gasteiger partial charge in [-0.15, -0.1) is 0 Å². The highest BCUT2D eigenvalue weighted by Gasteiger charge is 2.10. The molecule has 6 nitrogen and oxygen atoms in total. The van der Waals surface area contributed by atoms with Crippen molar-refractivity contribution in [3.8, 4) is 6.07 Å². The van der Waals surface area contributed by atoms with Gasteiger partial charge in [0.1, 0.15) is 11.6 Å². The number of hydrogen-bond acceptors (Lipinski definition) is 5. The molecule has 0 saturated heterocycles. The van der Waals surface area contributed by atoms with Crippen molar-refractivity contribution in [1.29, 1.82) is 5.26 Å². The Labute approximate surface area is 168 Å². The molecule has 2 aromatic rings. The van der Waals surface area contributed by atoms with Gasteiger partial charge in [-0.25, -0.2) is 4.79 Å². The maximum atomic E-state index is 12.2. The normalized spacial score (nSPS) is 10.7. The van der Waals surface area contributed by atoms with Gasteiger partial charge in [-0.2, -0.15) is 5.26 Å². The number of carbonyl (C=O) groups excluding carboxylic acids is 2. The van der Waals surface area contributed by atoms with E-state index in [0.29, 0.717) is 29.4 Å². The molecule has 0 heterocycles. The van der Waals surface area contributed by atoms with Crippen LogP contribution in [0, 0.1) is 11.3 Å². The summed E-state index contributed by atoms with van der Waals surface area (Å²) in [5.74, 6) is -0.965. The van der Waals surface area contributed by atoms with Crippen LogP contribution in [0.1, 0.15) is 22.8 Å². The van der Waals surface area contributed by atoms with Crippen molar-refractivity contribution in [1.82, 2.24) is 5.32 Å². The number of anilines is 1. The fourth-order valence-corrected chi connectivity index (χ4v) is 2.42. The second kappa shape index (κ2) is 10.8. The Morgan fingerprint density at radius 1 is 1.14 bits per heavy atom. The van der Waals surface area contributed by atoms with Gasteiger partial charge in [0.05, 0.1) is 12.2 Å². The van der Waals surface area contributed by atoms with Crippen LogP contribution in [0.3, 0.4) is 0 Å². The monoisotopic (exact) mass is 397 g/mol. The summed E-state index contributed by atoms with van der Waals surface area (Å²) in [6.45, 7) is 2.58. The zero-order valence-electron chi connectivity index (χ0n) is 15.4. The number of nitrogens with zero attached hydrogens (tertiary/aromatic N) is 1. The lowest BCUT2D eigenvalue weighted by molar-refractivity contribution is -0.112. The minimum Gasteiger partial charge on any atom is -0.462 e. The average molecular weight is 398 g/mol. The maximum absolute atomic E-state index is 12.2. The highest BCUT2D eigenvalue weighted by molar-refractivity contribution is 6.30. The van der Waals surface area contributed by atoms with Crippen molar-refractivity contribution < 1.29 is 14.3 Å². The molecule has 0 radical (unpaired) electrons. The standard InChI is InChI=1S/C21H20ClN3O3/c1-2-28-21(27)16-5-9-19(10-6-16)25-20(26)17(13-23)14-24-12-11-15-3-7-18(22)8-4-15/h3-10,14,24H,2,11-12H2,1H3,(H,25,26)/b17-14-. The first-order valence-corrected chi connectivity index (χ1v) is 9.08. The lowest BCUT2D eigenvalue weighted by Gasteiger charge is -2.07. The number of rotatable bonds is 8. The quantitative estimate of drug-likeness (QED) is 0.307. The highest BCUT2D eigenvalue weighted by Crippen LogP contribution is 2.12. The van der Waals surface area contributed by atoms with Crippen LogP contribution in [0.25, 0.3) is 0 Å². The molecule has 2 N–H and O–H groups in total. The van der Waals surface area contributed by atoms with Crippen molar-refractivity contribution >= 4 is 29.2 Å². The fourth-order valence-electron chi connectivity index (χ4n) is 2.29. The number of nitrogens with one attached hydrogen (secondary N) is 2. The first kappa shape index (κ1) is 21.0. The zero-order valence-corrected chi connectivity index (χ0v) is 16.1. The molecule has 0 saturated carbocycles. The Bertz CT molecular complexity index is 885. The molecule has 0 unspecified atom stereocenters. The minimum absolute atomic E-state index is 0.0504. The molecule has 0 spiro atoms. The van der Waals surface area contributed by atoms with Gasteiger partial charge >= 0.3 is 5.97 Å². The number of halogens is 1. The molecule has 0 aliphatic heterocycles. The molecule has 1 amide bonds. The molecule has 0 aliphatic carbocycles. The van der Waals surface area contributed by atoms with E-state index in [-0.39, 0.29) is 5.57 Å². The summed E-state index contributed by atoms with van der Waals surface area (Å²) < 4.78 is 4.90. The molecular formula is C21H20ClN3O3. The summed E-state index contributed by atoms with van der Waals surface area (Å²) in [4.78, 5) is 23.8. The van der Waals surface area contributed by atoms with Gasteiger partial charge in [0.15, 0.2) is 0 Å². The van der Waals surface area contributed by atoms with E-state index in [1.165, 1.54) is 6.20 Å². The lowest BCUT2D eigenvalue weighted by Crippen LogP contribution is -2.18. The van der Waals surface area contributed by atoms with Gasteiger partial charge in [0, 0.05) is 23.5 Å². The van der Waals surface area contributed by atoms with Crippen LogP contribution in [-0.2, 0) is 16.0 Å². The maximum Gasteiger partial charge on any atom is 0.338 e. The van der Waals surface area contributed by atoms with Crippen LogP contribution in [0.5, 0.6) is 0 Å². The molecule has 0 aliphatic rings. The molecule has 0 fully saturated rings. The Morgan fingerprint density at radius 3 is 2.43 bits per heavy atom. The van der Waals surface area contributed by atoms with Gasteiger partial charge in [-0.05, 0) is 55.3 Å². The highest BCUT2D eigenvalue weighted by atomic mass is 35.5. The number of amides is 1. The van der Waals surface area contributed by atoms with E-state index < -0.39 is 11.9 Å². The molecule has 28 heavy (non-hydrogen) atoms. The lowest BCUT2D eigenvalue weighted by atomic mass is 10.1. The first-order chi connectivity index (χ1) is 13.5. The van der Waals surface area contributed by atoms with E-state index in [2.05, 4.69) is 10.6 Å². The second-order valence-corrected chi connectivity index (χ2v) is 6.19. The second-order valence-electron chi connectivity index (χ2n) is 5.75. The SMILES string of the molecule is CCOC(=O)c1ccc(NC(=O)/C(C#N)=C\NCCc2ccc(Cl)cc2)cc1. The van der Waals surface area contributed by atoms with Gasteiger partial charge in [0.2, 0.25) is 0 Å². The predicted octanol–water partition coefficient (Wildman–Crippen LogP) is 3.69. The average Bonchev–Trinajstić information content (AvgIpc) is 2.70. The van der Waals surface area contributed by atoms with E-state index in [9.17, 15) is 14.9 Å². The van der Waals surface area contributed by atoms with E-state index in [1.54, 1.807) is 31.2 Å². The fraction of sp³-hybridized carbons (Fsp3) is 0.190. The Kier molecular flexibility index (Phi) is 8.07. The van der Waals surface area contributed by atoms with E-state index >= 15 is 0 Å². The number of benzene rings is 2. The van der Waals surface area contributed by atoms with Crippen LogP contribution in [0.15, 0.2) is 60.3 Å². The van der Waals surface area contributed by atoms with E-state index in [0.717, 1.165) is 12.0 Å². The third-order valence-electron chi connectivity index (χ3n) is 3.74. The van der Waals surface area contributed by atoms with Crippen LogP contribution in [0.2, 0.25) is 5.02 Å². The Morgan fingerprint density at radius 2 is 1.82 bits per heavy atom. The Hall–Kier alpha value is -3.30. The number of ether oxygens (including phenoxy) is 1.